The Bertz CT molecular complexity index is 1180. The van der Waals surface area contributed by atoms with Crippen LogP contribution in [0.15, 0.2) is 17.8 Å². The molecule has 4 fully saturated rings. The Hall–Kier alpha value is -2.13. The summed E-state index contributed by atoms with van der Waals surface area (Å²) in [6.45, 7) is 6.71. The number of thioether (sulfide) groups is 1. The van der Waals surface area contributed by atoms with E-state index in [-0.39, 0.29) is 17.6 Å². The van der Waals surface area contributed by atoms with E-state index in [1.807, 2.05) is 6.08 Å². The third kappa shape index (κ3) is 4.89. The smallest absolute Gasteiger partial charge is 0.341 e. The molecule has 4 bridgehead atoms. The minimum absolute atomic E-state index is 0.147. The Kier molecular flexibility index (Phi) is 6.94. The first kappa shape index (κ1) is 25.2. The van der Waals surface area contributed by atoms with Gasteiger partial charge >= 0.3 is 5.97 Å². The van der Waals surface area contributed by atoms with Gasteiger partial charge in [0.2, 0.25) is 5.91 Å². The van der Waals surface area contributed by atoms with E-state index in [0.29, 0.717) is 29.1 Å². The van der Waals surface area contributed by atoms with Gasteiger partial charge in [-0.15, -0.1) is 28.1 Å². The molecule has 0 aromatic carbocycles. The Morgan fingerprint density at radius 1 is 1.19 bits per heavy atom. The summed E-state index contributed by atoms with van der Waals surface area (Å²) in [4.78, 5) is 26.8. The van der Waals surface area contributed by atoms with Crippen LogP contribution in [0.5, 0.6) is 0 Å². The number of esters is 1. The van der Waals surface area contributed by atoms with Crippen molar-refractivity contribution >= 4 is 40.0 Å². The lowest BCUT2D eigenvalue weighted by atomic mass is 9.49. The molecule has 5 aliphatic rings. The maximum Gasteiger partial charge on any atom is 0.341 e. The Balaban J connectivity index is 1.14. The third-order valence-electron chi connectivity index (χ3n) is 8.79. The van der Waals surface area contributed by atoms with Crippen LogP contribution in [0, 0.1) is 23.2 Å². The van der Waals surface area contributed by atoms with Crippen molar-refractivity contribution in [3.8, 4) is 0 Å². The first-order valence-electron chi connectivity index (χ1n) is 13.7. The van der Waals surface area contributed by atoms with E-state index < -0.39 is 0 Å². The average molecular weight is 541 g/mol. The van der Waals surface area contributed by atoms with E-state index >= 15 is 0 Å². The number of allylic oxidation sites excluding steroid dienone is 1. The molecule has 0 spiro atoms. The van der Waals surface area contributed by atoms with Crippen molar-refractivity contribution < 1.29 is 14.3 Å². The van der Waals surface area contributed by atoms with Crippen molar-refractivity contribution in [3.63, 3.8) is 0 Å². The van der Waals surface area contributed by atoms with Crippen molar-refractivity contribution in [2.75, 3.05) is 17.7 Å². The van der Waals surface area contributed by atoms with Crippen molar-refractivity contribution in [2.24, 2.45) is 23.2 Å². The molecule has 5 aliphatic carbocycles. The predicted molar refractivity (Wildman–Crippen MR) is 146 cm³/mol. The molecule has 37 heavy (non-hydrogen) atoms. The zero-order chi connectivity index (χ0) is 25.6. The molecular formula is C28H36N4O3S2. The minimum Gasteiger partial charge on any atom is -0.462 e. The highest BCUT2D eigenvalue weighted by atomic mass is 32.2. The van der Waals surface area contributed by atoms with E-state index in [2.05, 4.69) is 26.7 Å². The van der Waals surface area contributed by atoms with Crippen LogP contribution in [0.1, 0.15) is 78.5 Å². The Labute approximate surface area is 226 Å². The van der Waals surface area contributed by atoms with Gasteiger partial charge in [-0.3, -0.25) is 4.79 Å². The second-order valence-electron chi connectivity index (χ2n) is 11.5. The normalized spacial score (nSPS) is 27.3. The molecule has 0 aliphatic heterocycles. The second-order valence-corrected chi connectivity index (χ2v) is 13.6. The standard InChI is InChI=1S/C28H36N4O3S2/c1-3-8-32-22(15-28-12-17-9-18(13-28)11-19(10-17)14-28)30-31-27(32)36-16-23(33)29-25-24(26(34)35-4-2)20-6-5-7-21(20)37-25/h3,17-19H,1,4-16H2,2H3,(H,29,33). The highest BCUT2D eigenvalue weighted by Crippen LogP contribution is 2.61. The van der Waals surface area contributed by atoms with E-state index in [0.717, 1.165) is 60.0 Å². The van der Waals surface area contributed by atoms with Crippen LogP contribution in [0.2, 0.25) is 0 Å². The average Bonchev–Trinajstić information content (AvgIpc) is 3.52. The fourth-order valence-corrected chi connectivity index (χ4v) is 9.98. The van der Waals surface area contributed by atoms with Crippen LogP contribution in [0.3, 0.4) is 0 Å². The molecule has 2 heterocycles. The van der Waals surface area contributed by atoms with Crippen molar-refractivity contribution in [2.45, 2.75) is 82.8 Å². The first-order valence-corrected chi connectivity index (χ1v) is 15.5. The summed E-state index contributed by atoms with van der Waals surface area (Å²) in [7, 11) is 0. The van der Waals surface area contributed by atoms with E-state index in [1.54, 1.807) is 6.92 Å². The SMILES string of the molecule is C=CCn1c(CC23CC4CC(CC(C4)C2)C3)nnc1SCC(=O)Nc1sc2c(c1C(=O)OCC)CCC2. The van der Waals surface area contributed by atoms with Crippen molar-refractivity contribution in [3.05, 3.63) is 34.5 Å². The van der Waals surface area contributed by atoms with Gasteiger partial charge in [-0.2, -0.15) is 0 Å². The number of fused-ring (bicyclic) bond motifs is 1. The van der Waals surface area contributed by atoms with Crippen LogP contribution in [0.25, 0.3) is 0 Å². The maximum absolute atomic E-state index is 13.0. The number of ether oxygens (including phenoxy) is 1. The summed E-state index contributed by atoms with van der Waals surface area (Å²) in [5.41, 5.74) is 1.97. The molecule has 4 saturated carbocycles. The molecule has 7 rings (SSSR count). The van der Waals surface area contributed by atoms with Crippen LogP contribution in [-0.4, -0.2) is 39.0 Å². The van der Waals surface area contributed by atoms with Crippen LogP contribution < -0.4 is 5.32 Å². The minimum atomic E-state index is -0.343. The van der Waals surface area contributed by atoms with Gasteiger partial charge in [-0.1, -0.05) is 17.8 Å². The van der Waals surface area contributed by atoms with Gasteiger partial charge in [-0.05, 0) is 93.4 Å². The number of nitrogens with zero attached hydrogens (tertiary/aromatic N) is 3. The summed E-state index contributed by atoms with van der Waals surface area (Å²) >= 11 is 2.91. The van der Waals surface area contributed by atoms with E-state index in [9.17, 15) is 9.59 Å². The lowest BCUT2D eigenvalue weighted by molar-refractivity contribution is -0.113. The number of rotatable bonds is 10. The van der Waals surface area contributed by atoms with Gasteiger partial charge < -0.3 is 14.6 Å². The third-order valence-corrected chi connectivity index (χ3v) is 11.0. The van der Waals surface area contributed by atoms with E-state index in [1.165, 1.54) is 66.5 Å². The van der Waals surface area contributed by atoms with Gasteiger partial charge in [0, 0.05) is 17.8 Å². The van der Waals surface area contributed by atoms with Gasteiger partial charge in [0.15, 0.2) is 5.16 Å². The molecule has 198 valence electrons. The number of aryl methyl sites for hydroxylation is 1. The van der Waals surface area contributed by atoms with Crippen molar-refractivity contribution in [1.29, 1.82) is 0 Å². The molecule has 7 nitrogen and oxygen atoms in total. The summed E-state index contributed by atoms with van der Waals surface area (Å²) in [6.07, 6.45) is 14.0. The zero-order valence-corrected chi connectivity index (χ0v) is 23.2. The fraction of sp³-hybridized carbons (Fsp3) is 0.643. The largest absolute Gasteiger partial charge is 0.462 e. The lowest BCUT2D eigenvalue weighted by Crippen LogP contribution is -2.47. The summed E-state index contributed by atoms with van der Waals surface area (Å²) in [5.74, 6) is 3.45. The number of thiophene rings is 1. The van der Waals surface area contributed by atoms with Crippen LogP contribution >= 0.6 is 23.1 Å². The van der Waals surface area contributed by atoms with Gasteiger partial charge in [0.05, 0.1) is 17.9 Å². The fourth-order valence-electron chi connectivity index (χ4n) is 7.92. The maximum atomic E-state index is 13.0. The number of anilines is 1. The predicted octanol–water partition coefficient (Wildman–Crippen LogP) is 5.68. The molecule has 0 atom stereocenters. The summed E-state index contributed by atoms with van der Waals surface area (Å²) < 4.78 is 7.43. The quantitative estimate of drug-likeness (QED) is 0.237. The molecule has 9 heteroatoms. The van der Waals surface area contributed by atoms with E-state index in [4.69, 9.17) is 4.74 Å². The molecular weight excluding hydrogens is 504 g/mol. The number of carbonyl (C=O) groups is 2. The van der Waals surface area contributed by atoms with Gasteiger partial charge in [0.1, 0.15) is 10.8 Å². The highest BCUT2D eigenvalue weighted by Gasteiger charge is 2.51. The topological polar surface area (TPSA) is 86.1 Å². The number of carbonyl (C=O) groups excluding carboxylic acids is 2. The zero-order valence-electron chi connectivity index (χ0n) is 21.6. The first-order chi connectivity index (χ1) is 18.0. The monoisotopic (exact) mass is 540 g/mol. The number of aromatic nitrogens is 3. The molecule has 0 radical (unpaired) electrons. The molecule has 2 aromatic heterocycles. The molecule has 2 aromatic rings. The number of nitrogens with one attached hydrogen (secondary N) is 1. The number of hydrogen-bond acceptors (Lipinski definition) is 7. The van der Waals surface area contributed by atoms with Crippen LogP contribution in [-0.2, 0) is 35.3 Å². The Morgan fingerprint density at radius 2 is 1.92 bits per heavy atom. The summed E-state index contributed by atoms with van der Waals surface area (Å²) in [6, 6.07) is 0. The van der Waals surface area contributed by atoms with Gasteiger partial charge in [-0.25, -0.2) is 4.79 Å². The number of hydrogen-bond donors (Lipinski definition) is 1. The Morgan fingerprint density at radius 3 is 2.59 bits per heavy atom. The molecule has 1 amide bonds. The summed E-state index contributed by atoms with van der Waals surface area (Å²) in [5, 5.41) is 13.5. The highest BCUT2D eigenvalue weighted by molar-refractivity contribution is 7.99. The molecule has 0 saturated heterocycles. The molecule has 1 N–H and O–H groups in total. The molecule has 0 unspecified atom stereocenters. The lowest BCUT2D eigenvalue weighted by Gasteiger charge is -2.56. The van der Waals surface area contributed by atoms with Crippen molar-refractivity contribution in [1.82, 2.24) is 14.8 Å². The van der Waals surface area contributed by atoms with Gasteiger partial charge in [0.25, 0.3) is 0 Å². The number of amides is 1. The second kappa shape index (κ2) is 10.2. The van der Waals surface area contributed by atoms with Crippen LogP contribution in [0.4, 0.5) is 5.00 Å².